The maximum atomic E-state index is 5.81. The molecule has 0 spiro atoms. The standard InChI is InChI=1S/C9H20N2S/c1-2-5-11-9(8-10)3-6-12-7-4-9/h11H,2-8,10H2,1H3. The normalized spacial score (nSPS) is 22.5. The van der Waals surface area contributed by atoms with E-state index in [1.54, 1.807) is 0 Å². The van der Waals surface area contributed by atoms with Gasteiger partial charge in [-0.25, -0.2) is 0 Å². The smallest absolute Gasteiger partial charge is 0.0319 e. The fourth-order valence-corrected chi connectivity index (χ4v) is 2.88. The Morgan fingerprint density at radius 3 is 2.58 bits per heavy atom. The summed E-state index contributed by atoms with van der Waals surface area (Å²) in [6.45, 7) is 4.12. The van der Waals surface area contributed by atoms with Gasteiger partial charge in [-0.15, -0.1) is 0 Å². The summed E-state index contributed by atoms with van der Waals surface area (Å²) >= 11 is 2.05. The third kappa shape index (κ3) is 2.64. The van der Waals surface area contributed by atoms with Gasteiger partial charge >= 0.3 is 0 Å². The minimum Gasteiger partial charge on any atom is -0.329 e. The molecule has 0 saturated carbocycles. The molecule has 1 heterocycles. The molecule has 0 radical (unpaired) electrons. The quantitative estimate of drug-likeness (QED) is 0.696. The van der Waals surface area contributed by atoms with E-state index in [-0.39, 0.29) is 5.54 Å². The van der Waals surface area contributed by atoms with Crippen molar-refractivity contribution in [1.29, 1.82) is 0 Å². The lowest BCUT2D eigenvalue weighted by Crippen LogP contribution is -2.53. The Kier molecular flexibility index (Phi) is 4.40. The zero-order chi connectivity index (χ0) is 8.86. The van der Waals surface area contributed by atoms with Crippen LogP contribution in [0, 0.1) is 0 Å². The summed E-state index contributed by atoms with van der Waals surface area (Å²) in [6.07, 6.45) is 3.69. The van der Waals surface area contributed by atoms with Gasteiger partial charge in [0.2, 0.25) is 0 Å². The Morgan fingerprint density at radius 1 is 1.42 bits per heavy atom. The molecule has 12 heavy (non-hydrogen) atoms. The number of nitrogens with one attached hydrogen (secondary N) is 1. The summed E-state index contributed by atoms with van der Waals surface area (Å²) in [6, 6.07) is 0. The van der Waals surface area contributed by atoms with Crippen LogP contribution in [0.4, 0.5) is 0 Å². The highest BCUT2D eigenvalue weighted by molar-refractivity contribution is 7.99. The van der Waals surface area contributed by atoms with Crippen LogP contribution >= 0.6 is 11.8 Å². The zero-order valence-electron chi connectivity index (χ0n) is 7.94. The molecule has 1 rings (SSSR count). The molecule has 0 atom stereocenters. The maximum Gasteiger partial charge on any atom is 0.0319 e. The second kappa shape index (κ2) is 5.10. The zero-order valence-corrected chi connectivity index (χ0v) is 8.75. The van der Waals surface area contributed by atoms with Crippen LogP contribution in [-0.4, -0.2) is 30.1 Å². The van der Waals surface area contributed by atoms with E-state index in [1.807, 2.05) is 0 Å². The lowest BCUT2D eigenvalue weighted by Gasteiger charge is -2.37. The minimum atomic E-state index is 0.279. The van der Waals surface area contributed by atoms with Crippen molar-refractivity contribution in [2.75, 3.05) is 24.6 Å². The topological polar surface area (TPSA) is 38.0 Å². The Bertz CT molecular complexity index is 122. The van der Waals surface area contributed by atoms with Gasteiger partial charge in [-0.3, -0.25) is 0 Å². The van der Waals surface area contributed by atoms with Crippen LogP contribution < -0.4 is 11.1 Å². The fourth-order valence-electron chi connectivity index (χ4n) is 1.61. The highest BCUT2D eigenvalue weighted by Gasteiger charge is 2.29. The Labute approximate surface area is 79.7 Å². The first-order valence-electron chi connectivity index (χ1n) is 4.86. The molecule has 0 aliphatic carbocycles. The first-order chi connectivity index (χ1) is 5.83. The number of hydrogen-bond donors (Lipinski definition) is 2. The van der Waals surface area contributed by atoms with E-state index >= 15 is 0 Å². The summed E-state index contributed by atoms with van der Waals surface area (Å²) in [7, 11) is 0. The molecule has 1 aliphatic heterocycles. The van der Waals surface area contributed by atoms with Crippen LogP contribution in [0.2, 0.25) is 0 Å². The molecule has 72 valence electrons. The van der Waals surface area contributed by atoms with Crippen LogP contribution in [0.5, 0.6) is 0 Å². The SMILES string of the molecule is CCCNC1(CN)CCSCC1. The molecular weight excluding hydrogens is 168 g/mol. The molecular formula is C9H20N2S. The molecule has 0 aromatic heterocycles. The molecule has 0 bridgehead atoms. The predicted molar refractivity (Wildman–Crippen MR) is 56.6 cm³/mol. The van der Waals surface area contributed by atoms with Crippen molar-refractivity contribution in [3.8, 4) is 0 Å². The number of nitrogens with two attached hydrogens (primary N) is 1. The molecule has 3 N–H and O–H groups in total. The van der Waals surface area contributed by atoms with Gasteiger partial charge in [-0.2, -0.15) is 11.8 Å². The van der Waals surface area contributed by atoms with Gasteiger partial charge in [0, 0.05) is 12.1 Å². The predicted octanol–water partition coefficient (Wildman–Crippen LogP) is 1.21. The average Bonchev–Trinajstić information content (AvgIpc) is 2.16. The Hall–Kier alpha value is 0.270. The lowest BCUT2D eigenvalue weighted by molar-refractivity contribution is 0.310. The lowest BCUT2D eigenvalue weighted by atomic mass is 9.92. The molecule has 0 aromatic carbocycles. The highest BCUT2D eigenvalue weighted by Crippen LogP contribution is 2.25. The average molecular weight is 188 g/mol. The van der Waals surface area contributed by atoms with Crippen molar-refractivity contribution in [3.63, 3.8) is 0 Å². The molecule has 1 fully saturated rings. The first-order valence-corrected chi connectivity index (χ1v) is 6.01. The van der Waals surface area contributed by atoms with E-state index in [0.29, 0.717) is 0 Å². The van der Waals surface area contributed by atoms with E-state index in [2.05, 4.69) is 24.0 Å². The van der Waals surface area contributed by atoms with Crippen molar-refractivity contribution < 1.29 is 0 Å². The highest BCUT2D eigenvalue weighted by atomic mass is 32.2. The van der Waals surface area contributed by atoms with Gasteiger partial charge in [-0.1, -0.05) is 6.92 Å². The third-order valence-corrected chi connectivity index (χ3v) is 3.58. The van der Waals surface area contributed by atoms with Crippen LogP contribution in [0.3, 0.4) is 0 Å². The van der Waals surface area contributed by atoms with Crippen LogP contribution in [0.25, 0.3) is 0 Å². The van der Waals surface area contributed by atoms with Gasteiger partial charge in [0.25, 0.3) is 0 Å². The molecule has 1 aliphatic rings. The van der Waals surface area contributed by atoms with E-state index in [9.17, 15) is 0 Å². The fraction of sp³-hybridized carbons (Fsp3) is 1.00. The monoisotopic (exact) mass is 188 g/mol. The van der Waals surface area contributed by atoms with Crippen molar-refractivity contribution in [2.24, 2.45) is 5.73 Å². The summed E-state index contributed by atoms with van der Waals surface area (Å²) in [5.74, 6) is 2.54. The van der Waals surface area contributed by atoms with Crippen molar-refractivity contribution in [3.05, 3.63) is 0 Å². The van der Waals surface area contributed by atoms with E-state index in [1.165, 1.54) is 30.8 Å². The van der Waals surface area contributed by atoms with Gasteiger partial charge in [-0.05, 0) is 37.3 Å². The maximum absolute atomic E-state index is 5.81. The summed E-state index contributed by atoms with van der Waals surface area (Å²) in [5, 5.41) is 3.60. The first kappa shape index (κ1) is 10.4. The second-order valence-electron chi connectivity index (χ2n) is 3.52. The second-order valence-corrected chi connectivity index (χ2v) is 4.75. The van der Waals surface area contributed by atoms with Crippen LogP contribution in [0.15, 0.2) is 0 Å². The molecule has 3 heteroatoms. The molecule has 1 saturated heterocycles. The van der Waals surface area contributed by atoms with Crippen molar-refractivity contribution in [1.82, 2.24) is 5.32 Å². The van der Waals surface area contributed by atoms with Crippen molar-refractivity contribution >= 4 is 11.8 Å². The van der Waals surface area contributed by atoms with E-state index < -0.39 is 0 Å². The Morgan fingerprint density at radius 2 is 2.08 bits per heavy atom. The summed E-state index contributed by atoms with van der Waals surface area (Å²) < 4.78 is 0. The largest absolute Gasteiger partial charge is 0.329 e. The van der Waals surface area contributed by atoms with Crippen molar-refractivity contribution in [2.45, 2.75) is 31.7 Å². The van der Waals surface area contributed by atoms with Crippen LogP contribution in [0.1, 0.15) is 26.2 Å². The van der Waals surface area contributed by atoms with E-state index in [0.717, 1.165) is 13.1 Å². The molecule has 0 aromatic rings. The summed E-state index contributed by atoms with van der Waals surface area (Å²) in [5.41, 5.74) is 6.09. The van der Waals surface area contributed by atoms with E-state index in [4.69, 9.17) is 5.73 Å². The number of hydrogen-bond acceptors (Lipinski definition) is 3. The molecule has 0 unspecified atom stereocenters. The van der Waals surface area contributed by atoms with Gasteiger partial charge < -0.3 is 11.1 Å². The van der Waals surface area contributed by atoms with Gasteiger partial charge in [0.1, 0.15) is 0 Å². The molecule has 2 nitrogen and oxygen atoms in total. The number of rotatable bonds is 4. The summed E-state index contributed by atoms with van der Waals surface area (Å²) in [4.78, 5) is 0. The number of thioether (sulfide) groups is 1. The van der Waals surface area contributed by atoms with Gasteiger partial charge in [0.05, 0.1) is 0 Å². The molecule has 0 amide bonds. The third-order valence-electron chi connectivity index (χ3n) is 2.59. The Balaban J connectivity index is 2.37. The minimum absolute atomic E-state index is 0.279. The van der Waals surface area contributed by atoms with Crippen LogP contribution in [-0.2, 0) is 0 Å². The van der Waals surface area contributed by atoms with Gasteiger partial charge in [0.15, 0.2) is 0 Å².